The molecule has 0 radical (unpaired) electrons. The van der Waals surface area contributed by atoms with Crippen LogP contribution >= 0.6 is 34.8 Å². The van der Waals surface area contributed by atoms with Crippen LogP contribution in [0.1, 0.15) is 65.4 Å². The van der Waals surface area contributed by atoms with Crippen LogP contribution in [0.25, 0.3) is 10.8 Å². The van der Waals surface area contributed by atoms with Gasteiger partial charge >= 0.3 is 17.9 Å². The first-order valence-corrected chi connectivity index (χ1v) is 20.1. The van der Waals surface area contributed by atoms with E-state index >= 15 is 0 Å². The van der Waals surface area contributed by atoms with E-state index in [2.05, 4.69) is 11.0 Å². The minimum absolute atomic E-state index is 0.0587. The van der Waals surface area contributed by atoms with Gasteiger partial charge in [-0.1, -0.05) is 89.4 Å². The number of aliphatic carboxylic acids is 3. The molecule has 0 spiro atoms. The Morgan fingerprint density at radius 2 is 1.47 bits per heavy atom. The minimum Gasteiger partial charge on any atom is -0.612 e. The van der Waals surface area contributed by atoms with Crippen molar-refractivity contribution in [2.24, 2.45) is 0 Å². The average molecular weight is 834 g/mol. The fourth-order valence-corrected chi connectivity index (χ4v) is 8.18. The molecule has 294 valence electrons. The first-order valence-electron chi connectivity index (χ1n) is 17.4. The number of carbonyl (C=O) groups is 4. The van der Waals surface area contributed by atoms with E-state index in [1.807, 2.05) is 73.8 Å². The number of likely N-dealkylation sites (N-methyl/N-ethyl adjacent to an activating group) is 1. The van der Waals surface area contributed by atoms with Crippen LogP contribution in [0.2, 0.25) is 15.1 Å². The van der Waals surface area contributed by atoms with Crippen LogP contribution in [-0.2, 0) is 25.6 Å². The van der Waals surface area contributed by atoms with E-state index in [0.717, 1.165) is 60.1 Å². The lowest BCUT2D eigenvalue weighted by molar-refractivity contribution is -0.170. The predicted molar refractivity (Wildman–Crippen MR) is 214 cm³/mol. The molecule has 15 heteroatoms. The fourth-order valence-electron chi connectivity index (χ4n) is 6.80. The zero-order valence-corrected chi connectivity index (χ0v) is 33.4. The SMILES string of the molecule is CN(C[C@@H](CCN1CCC(c2ccccc2[S@+](C)[O-])CC1)c1ccc(Cl)c(Cl)c1)C(=O)c1c(Cl)ccc2ccccc12.O=C(O)CC(O)(CC(=O)O)C(=O)O. The van der Waals surface area contributed by atoms with Crippen molar-refractivity contribution in [1.29, 1.82) is 0 Å². The van der Waals surface area contributed by atoms with Gasteiger partial charge in [-0.2, -0.15) is 0 Å². The van der Waals surface area contributed by atoms with Crippen molar-refractivity contribution in [2.45, 2.75) is 54.4 Å². The highest BCUT2D eigenvalue weighted by Gasteiger charge is 2.40. The minimum atomic E-state index is -2.74. The molecule has 11 nitrogen and oxygen atoms in total. The normalized spacial score (nSPS) is 14.7. The molecule has 4 aromatic carbocycles. The molecule has 0 aromatic heterocycles. The van der Waals surface area contributed by atoms with E-state index in [4.69, 9.17) is 55.2 Å². The molecule has 1 aliphatic rings. The highest BCUT2D eigenvalue weighted by atomic mass is 35.5. The quantitative estimate of drug-likeness (QED) is 0.0935. The van der Waals surface area contributed by atoms with Gasteiger partial charge in [0.15, 0.2) is 10.5 Å². The fraction of sp³-hybridized carbons (Fsp3) is 0.350. The number of benzene rings is 4. The van der Waals surface area contributed by atoms with Crippen LogP contribution < -0.4 is 0 Å². The van der Waals surface area contributed by atoms with Crippen LogP contribution in [0.15, 0.2) is 83.8 Å². The third-order valence-electron chi connectivity index (χ3n) is 9.68. The van der Waals surface area contributed by atoms with Gasteiger partial charge in [-0.15, -0.1) is 0 Å². The summed E-state index contributed by atoms with van der Waals surface area (Å²) in [5.74, 6) is -4.64. The Kier molecular flexibility index (Phi) is 15.8. The van der Waals surface area contributed by atoms with Gasteiger partial charge in [-0.25, -0.2) is 4.79 Å². The lowest BCUT2D eigenvalue weighted by atomic mass is 9.88. The maximum absolute atomic E-state index is 13.8. The lowest BCUT2D eigenvalue weighted by Gasteiger charge is -2.34. The molecule has 0 bridgehead atoms. The van der Waals surface area contributed by atoms with Gasteiger partial charge in [0.25, 0.3) is 5.91 Å². The molecule has 0 aliphatic carbocycles. The molecule has 4 aromatic rings. The Hall–Kier alpha value is -3.88. The van der Waals surface area contributed by atoms with Gasteiger partial charge < -0.3 is 34.8 Å². The van der Waals surface area contributed by atoms with Crippen molar-refractivity contribution in [1.82, 2.24) is 9.80 Å². The van der Waals surface area contributed by atoms with Crippen LogP contribution in [-0.4, -0.2) is 104 Å². The first kappa shape index (κ1) is 43.8. The summed E-state index contributed by atoms with van der Waals surface area (Å²) in [5, 5.41) is 37.1. The van der Waals surface area contributed by atoms with Crippen molar-refractivity contribution < 1.29 is 44.2 Å². The monoisotopic (exact) mass is 832 g/mol. The van der Waals surface area contributed by atoms with Gasteiger partial charge in [0, 0.05) is 25.1 Å². The number of hydrogen-bond acceptors (Lipinski definition) is 7. The van der Waals surface area contributed by atoms with Crippen molar-refractivity contribution in [3.05, 3.63) is 111 Å². The summed E-state index contributed by atoms with van der Waals surface area (Å²) in [6.45, 7) is 3.37. The molecule has 1 fully saturated rings. The summed E-state index contributed by atoms with van der Waals surface area (Å²) < 4.78 is 12.3. The standard InChI is InChI=1S/C34H35Cl3N2O2S.C6H8O7/c1-38(34(40)33-28-9-4-3-7-23(28)11-14-30(33)36)22-26(25-12-13-29(35)31(37)21-25)17-20-39-18-15-24(16-19-39)27-8-5-6-10-32(27)42(2)41;7-3(8)1-6(13,5(11)12)2-4(9)10/h3-14,21,24,26H,15-20,22H2,1-2H3;13H,1-2H2,(H,7,8)(H,9,10)(H,11,12)/t26-,42+;/m1./s1. The second kappa shape index (κ2) is 19.8. The Morgan fingerprint density at radius 1 is 0.873 bits per heavy atom. The van der Waals surface area contributed by atoms with Gasteiger partial charge in [-0.3, -0.25) is 14.4 Å². The van der Waals surface area contributed by atoms with Gasteiger partial charge in [-0.05, 0) is 96.6 Å². The number of carbonyl (C=O) groups excluding carboxylic acids is 1. The summed E-state index contributed by atoms with van der Waals surface area (Å²) in [5.41, 5.74) is 0.0687. The topological polar surface area (TPSA) is 179 Å². The molecule has 5 rings (SSSR count). The zero-order valence-electron chi connectivity index (χ0n) is 30.3. The highest BCUT2D eigenvalue weighted by Crippen LogP contribution is 2.34. The third kappa shape index (κ3) is 11.8. The third-order valence-corrected chi connectivity index (χ3v) is 11.7. The molecule has 1 aliphatic heterocycles. The molecular formula is C40H43Cl3N2O9S. The summed E-state index contributed by atoms with van der Waals surface area (Å²) >= 11 is 18.3. The van der Waals surface area contributed by atoms with E-state index in [1.54, 1.807) is 17.2 Å². The molecule has 1 heterocycles. The van der Waals surface area contributed by atoms with Crippen LogP contribution in [0.4, 0.5) is 0 Å². The molecule has 2 atom stereocenters. The Morgan fingerprint density at radius 3 is 2.07 bits per heavy atom. The number of nitrogens with zero attached hydrogens (tertiary/aromatic N) is 2. The number of piperidine rings is 1. The second-order valence-electron chi connectivity index (χ2n) is 13.6. The number of rotatable bonds is 14. The largest absolute Gasteiger partial charge is 0.612 e. The number of aliphatic hydroxyl groups is 1. The number of hydrogen-bond donors (Lipinski definition) is 4. The molecule has 55 heavy (non-hydrogen) atoms. The van der Waals surface area contributed by atoms with E-state index < -0.39 is 47.5 Å². The maximum atomic E-state index is 13.8. The molecule has 0 unspecified atom stereocenters. The Labute approximate surface area is 337 Å². The predicted octanol–water partition coefficient (Wildman–Crippen LogP) is 7.41. The van der Waals surface area contributed by atoms with Gasteiger partial charge in [0.05, 0.1) is 33.5 Å². The van der Waals surface area contributed by atoms with E-state index in [0.29, 0.717) is 33.1 Å². The van der Waals surface area contributed by atoms with E-state index in [1.165, 1.54) is 5.56 Å². The smallest absolute Gasteiger partial charge is 0.336 e. The van der Waals surface area contributed by atoms with Crippen LogP contribution in [0.3, 0.4) is 0 Å². The number of likely N-dealkylation sites (tertiary alicyclic amines) is 1. The molecule has 1 amide bonds. The van der Waals surface area contributed by atoms with Crippen molar-refractivity contribution in [3.8, 4) is 0 Å². The molecule has 0 saturated carbocycles. The Bertz CT molecular complexity index is 1990. The van der Waals surface area contributed by atoms with Gasteiger partial charge in [0.1, 0.15) is 6.26 Å². The number of carboxylic acid groups (broad SMARTS) is 3. The number of halogens is 3. The molecule has 4 N–H and O–H groups in total. The van der Waals surface area contributed by atoms with E-state index in [-0.39, 0.29) is 11.8 Å². The average Bonchev–Trinajstić information content (AvgIpc) is 3.14. The summed E-state index contributed by atoms with van der Waals surface area (Å²) in [6.07, 6.45) is 2.39. The molecule has 1 saturated heterocycles. The van der Waals surface area contributed by atoms with Crippen LogP contribution in [0.5, 0.6) is 0 Å². The summed E-state index contributed by atoms with van der Waals surface area (Å²) in [7, 11) is 1.84. The van der Waals surface area contributed by atoms with Crippen molar-refractivity contribution in [2.75, 3.05) is 39.5 Å². The maximum Gasteiger partial charge on any atom is 0.336 e. The van der Waals surface area contributed by atoms with Gasteiger partial charge in [0.2, 0.25) is 0 Å². The van der Waals surface area contributed by atoms with Crippen molar-refractivity contribution >= 4 is 80.6 Å². The number of amides is 1. The lowest BCUT2D eigenvalue weighted by Crippen LogP contribution is -2.42. The Balaban J connectivity index is 0.000000444. The van der Waals surface area contributed by atoms with E-state index in [9.17, 15) is 23.7 Å². The summed E-state index contributed by atoms with van der Waals surface area (Å²) in [6, 6.07) is 25.4. The number of carboxylic acids is 3. The first-order chi connectivity index (χ1) is 26.0. The zero-order chi connectivity index (χ0) is 40.4. The number of fused-ring (bicyclic) bond motifs is 1. The summed E-state index contributed by atoms with van der Waals surface area (Å²) in [4.78, 5) is 49.5. The van der Waals surface area contributed by atoms with Crippen LogP contribution in [0, 0.1) is 0 Å². The second-order valence-corrected chi connectivity index (χ2v) is 16.1. The highest BCUT2D eigenvalue weighted by molar-refractivity contribution is 7.90. The van der Waals surface area contributed by atoms with Crippen molar-refractivity contribution in [3.63, 3.8) is 0 Å². The molecular weight excluding hydrogens is 791 g/mol.